The third-order valence-corrected chi connectivity index (χ3v) is 4.49. The summed E-state index contributed by atoms with van der Waals surface area (Å²) in [5.41, 5.74) is 0.852. The van der Waals surface area contributed by atoms with E-state index in [2.05, 4.69) is 0 Å². The molecule has 1 fully saturated rings. The smallest absolute Gasteiger partial charge is 0.227 e. The van der Waals surface area contributed by atoms with Gasteiger partial charge in [0, 0.05) is 6.54 Å². The molecule has 0 aliphatic carbocycles. The monoisotopic (exact) mass is 315 g/mol. The van der Waals surface area contributed by atoms with Gasteiger partial charge < -0.3 is 10.0 Å². The van der Waals surface area contributed by atoms with E-state index in [9.17, 15) is 9.90 Å². The molecule has 0 radical (unpaired) electrons. The molecule has 1 aliphatic rings. The van der Waals surface area contributed by atoms with Crippen molar-refractivity contribution in [1.29, 1.82) is 0 Å². The Hall–Kier alpha value is -0.770. The second-order valence-electron chi connectivity index (χ2n) is 5.20. The van der Waals surface area contributed by atoms with E-state index in [1.165, 1.54) is 0 Å². The molecule has 20 heavy (non-hydrogen) atoms. The van der Waals surface area contributed by atoms with Gasteiger partial charge in [-0.25, -0.2) is 0 Å². The van der Waals surface area contributed by atoms with Crippen molar-refractivity contribution in [1.82, 2.24) is 4.90 Å². The van der Waals surface area contributed by atoms with Crippen molar-refractivity contribution in [2.75, 3.05) is 13.2 Å². The van der Waals surface area contributed by atoms with Crippen molar-refractivity contribution in [3.05, 3.63) is 33.8 Å². The number of hydrogen-bond donors (Lipinski definition) is 1. The predicted molar refractivity (Wildman–Crippen MR) is 81.2 cm³/mol. The number of nitrogens with zero attached hydrogens (tertiary/aromatic N) is 1. The topological polar surface area (TPSA) is 40.5 Å². The van der Waals surface area contributed by atoms with Crippen molar-refractivity contribution < 1.29 is 9.90 Å². The first-order valence-electron chi connectivity index (χ1n) is 6.96. The normalized spacial score (nSPS) is 19.8. The predicted octanol–water partition coefficient (Wildman–Crippen LogP) is 3.30. The fourth-order valence-electron chi connectivity index (χ4n) is 2.62. The van der Waals surface area contributed by atoms with Gasteiger partial charge in [0.1, 0.15) is 0 Å². The number of aliphatic hydroxyl groups excluding tert-OH is 1. The maximum absolute atomic E-state index is 12.4. The Morgan fingerprint density at radius 2 is 2.05 bits per heavy atom. The highest BCUT2D eigenvalue weighted by Gasteiger charge is 2.24. The minimum Gasteiger partial charge on any atom is -0.394 e. The average molecular weight is 316 g/mol. The Labute approximate surface area is 129 Å². The summed E-state index contributed by atoms with van der Waals surface area (Å²) in [5, 5.41) is 10.4. The van der Waals surface area contributed by atoms with E-state index in [0.29, 0.717) is 16.5 Å². The molecule has 110 valence electrons. The lowest BCUT2D eigenvalue weighted by molar-refractivity contribution is -0.133. The molecule has 1 aliphatic heterocycles. The Balaban J connectivity index is 2.07. The molecule has 1 unspecified atom stereocenters. The molecule has 1 heterocycles. The lowest BCUT2D eigenvalue weighted by atomic mass is 10.1. The van der Waals surface area contributed by atoms with E-state index in [0.717, 1.165) is 37.8 Å². The van der Waals surface area contributed by atoms with Crippen LogP contribution in [0.25, 0.3) is 0 Å². The van der Waals surface area contributed by atoms with Crippen LogP contribution in [0.2, 0.25) is 10.0 Å². The first-order chi connectivity index (χ1) is 9.61. The molecule has 1 N–H and O–H groups in total. The number of rotatable bonds is 3. The molecule has 2 rings (SSSR count). The third kappa shape index (κ3) is 3.87. The van der Waals surface area contributed by atoms with Gasteiger partial charge in [-0.2, -0.15) is 0 Å². The van der Waals surface area contributed by atoms with Crippen LogP contribution >= 0.6 is 23.2 Å². The van der Waals surface area contributed by atoms with Crippen molar-refractivity contribution in [3.63, 3.8) is 0 Å². The number of carbonyl (C=O) groups excluding carboxylic acids is 1. The molecular formula is C15H19Cl2NO2. The second-order valence-corrected chi connectivity index (χ2v) is 6.01. The number of carbonyl (C=O) groups is 1. The van der Waals surface area contributed by atoms with Gasteiger partial charge in [0.05, 0.1) is 29.1 Å². The summed E-state index contributed by atoms with van der Waals surface area (Å²) in [6, 6.07) is 5.21. The highest BCUT2D eigenvalue weighted by atomic mass is 35.5. The zero-order valence-corrected chi connectivity index (χ0v) is 12.8. The number of halogens is 2. The van der Waals surface area contributed by atoms with Crippen LogP contribution in [0.3, 0.4) is 0 Å². The molecule has 1 atom stereocenters. The minimum absolute atomic E-state index is 0.0348. The van der Waals surface area contributed by atoms with Crippen molar-refractivity contribution >= 4 is 29.1 Å². The number of amides is 1. The van der Waals surface area contributed by atoms with Crippen LogP contribution < -0.4 is 0 Å². The lowest BCUT2D eigenvalue weighted by Gasteiger charge is -2.28. The second kappa shape index (κ2) is 7.30. The number of hydrogen-bond acceptors (Lipinski definition) is 2. The van der Waals surface area contributed by atoms with Gasteiger partial charge in [0.2, 0.25) is 5.91 Å². The van der Waals surface area contributed by atoms with Gasteiger partial charge >= 0.3 is 0 Å². The zero-order chi connectivity index (χ0) is 14.5. The van der Waals surface area contributed by atoms with Crippen molar-refractivity contribution in [2.24, 2.45) is 0 Å². The molecule has 5 heteroatoms. The SMILES string of the molecule is O=C(Cc1ccc(Cl)c(Cl)c1)N1CCCCCC1CO. The van der Waals surface area contributed by atoms with E-state index in [-0.39, 0.29) is 18.6 Å². The Bertz CT molecular complexity index is 479. The van der Waals surface area contributed by atoms with E-state index >= 15 is 0 Å². The summed E-state index contributed by atoms with van der Waals surface area (Å²) in [5.74, 6) is 0.0457. The van der Waals surface area contributed by atoms with E-state index in [1.807, 2.05) is 11.0 Å². The molecule has 0 saturated carbocycles. The van der Waals surface area contributed by atoms with Crippen LogP contribution in [0.5, 0.6) is 0 Å². The minimum atomic E-state index is -0.0484. The van der Waals surface area contributed by atoms with Crippen LogP contribution in [0.4, 0.5) is 0 Å². The molecule has 0 aromatic heterocycles. The summed E-state index contributed by atoms with van der Waals surface area (Å²) in [6.45, 7) is 0.762. The van der Waals surface area contributed by atoms with Crippen LogP contribution in [-0.4, -0.2) is 35.1 Å². The molecule has 1 aromatic carbocycles. The van der Waals surface area contributed by atoms with E-state index in [4.69, 9.17) is 23.2 Å². The standard InChI is InChI=1S/C15H19Cl2NO2/c16-13-6-5-11(8-14(13)17)9-15(20)18-7-3-1-2-4-12(18)10-19/h5-6,8,12,19H,1-4,7,9-10H2. The van der Waals surface area contributed by atoms with Crippen molar-refractivity contribution in [2.45, 2.75) is 38.1 Å². The Morgan fingerprint density at radius 3 is 2.75 bits per heavy atom. The van der Waals surface area contributed by atoms with Crippen LogP contribution in [0.1, 0.15) is 31.2 Å². The first-order valence-corrected chi connectivity index (χ1v) is 7.71. The molecular weight excluding hydrogens is 297 g/mol. The summed E-state index contributed by atoms with van der Waals surface area (Å²) < 4.78 is 0. The van der Waals surface area contributed by atoms with Gasteiger partial charge in [-0.3, -0.25) is 4.79 Å². The summed E-state index contributed by atoms with van der Waals surface area (Å²) >= 11 is 11.8. The summed E-state index contributed by atoms with van der Waals surface area (Å²) in [6.07, 6.45) is 4.37. The maximum atomic E-state index is 12.4. The van der Waals surface area contributed by atoms with Crippen LogP contribution in [-0.2, 0) is 11.2 Å². The van der Waals surface area contributed by atoms with E-state index in [1.54, 1.807) is 12.1 Å². The van der Waals surface area contributed by atoms with Gasteiger partial charge in [-0.05, 0) is 30.5 Å². The fourth-order valence-corrected chi connectivity index (χ4v) is 2.94. The Morgan fingerprint density at radius 1 is 1.25 bits per heavy atom. The van der Waals surface area contributed by atoms with Gasteiger partial charge in [0.15, 0.2) is 0 Å². The quantitative estimate of drug-likeness (QED) is 0.929. The lowest BCUT2D eigenvalue weighted by Crippen LogP contribution is -2.42. The fraction of sp³-hybridized carbons (Fsp3) is 0.533. The van der Waals surface area contributed by atoms with Crippen LogP contribution in [0.15, 0.2) is 18.2 Å². The van der Waals surface area contributed by atoms with Gasteiger partial charge in [0.25, 0.3) is 0 Å². The first kappa shape index (κ1) is 15.6. The highest BCUT2D eigenvalue weighted by Crippen LogP contribution is 2.24. The number of benzene rings is 1. The van der Waals surface area contributed by atoms with Gasteiger partial charge in [-0.15, -0.1) is 0 Å². The largest absolute Gasteiger partial charge is 0.394 e. The molecule has 1 amide bonds. The Kier molecular flexibility index (Phi) is 5.70. The highest BCUT2D eigenvalue weighted by molar-refractivity contribution is 6.42. The molecule has 0 spiro atoms. The van der Waals surface area contributed by atoms with Crippen LogP contribution in [0, 0.1) is 0 Å². The molecule has 3 nitrogen and oxygen atoms in total. The zero-order valence-electron chi connectivity index (χ0n) is 11.3. The third-order valence-electron chi connectivity index (χ3n) is 3.75. The summed E-state index contributed by atoms with van der Waals surface area (Å²) in [7, 11) is 0. The maximum Gasteiger partial charge on any atom is 0.227 e. The molecule has 1 aromatic rings. The summed E-state index contributed by atoms with van der Waals surface area (Å²) in [4.78, 5) is 14.2. The van der Waals surface area contributed by atoms with E-state index < -0.39 is 0 Å². The molecule has 0 bridgehead atoms. The average Bonchev–Trinajstić information content (AvgIpc) is 2.68. The van der Waals surface area contributed by atoms with Gasteiger partial charge in [-0.1, -0.05) is 42.1 Å². The van der Waals surface area contributed by atoms with Crippen molar-refractivity contribution in [3.8, 4) is 0 Å². The molecule has 1 saturated heterocycles. The number of aliphatic hydroxyl groups is 1. The number of likely N-dealkylation sites (tertiary alicyclic amines) is 1.